The Morgan fingerprint density at radius 3 is 2.52 bits per heavy atom. The van der Waals surface area contributed by atoms with Gasteiger partial charge in [0.1, 0.15) is 35.5 Å². The molecular weight excluding hydrogens is 569 g/mol. The Kier molecular flexibility index (Phi) is 8.76. The largest absolute Gasteiger partial charge is 0.394 e. The van der Waals surface area contributed by atoms with E-state index in [1.165, 1.54) is 6.20 Å². The van der Waals surface area contributed by atoms with E-state index in [0.29, 0.717) is 18.5 Å². The molecule has 9 nitrogen and oxygen atoms in total. The molecule has 2 aliphatic rings. The number of halogens is 3. The number of aryl methyl sites for hydroxylation is 1. The molecule has 0 spiro atoms. The van der Waals surface area contributed by atoms with Gasteiger partial charge >= 0.3 is 0 Å². The Bertz CT molecular complexity index is 1320. The molecule has 216 valence electrons. The van der Waals surface area contributed by atoms with E-state index in [2.05, 4.69) is 15.3 Å². The molecular formula is C26H29F3N4O5S2. The summed E-state index contributed by atoms with van der Waals surface area (Å²) in [6, 6.07) is 4.03. The van der Waals surface area contributed by atoms with Crippen LogP contribution in [0.1, 0.15) is 35.4 Å². The summed E-state index contributed by atoms with van der Waals surface area (Å²) in [5, 5.41) is 51.5. The Labute approximate surface area is 236 Å². The number of rotatable bonds is 7. The number of ether oxygens (including phenoxy) is 1. The zero-order chi connectivity index (χ0) is 28.6. The molecule has 2 aliphatic heterocycles. The molecule has 0 saturated carbocycles. The van der Waals surface area contributed by atoms with Gasteiger partial charge in [0.2, 0.25) is 0 Å². The number of thioether (sulfide) groups is 2. The van der Waals surface area contributed by atoms with Gasteiger partial charge < -0.3 is 25.2 Å². The van der Waals surface area contributed by atoms with E-state index in [9.17, 15) is 33.6 Å². The first-order valence-electron chi connectivity index (χ1n) is 12.7. The lowest BCUT2D eigenvalue weighted by molar-refractivity contribution is -0.179. The molecule has 5 rings (SSSR count). The topological polar surface area (TPSA) is 134 Å². The molecule has 0 amide bonds. The Morgan fingerprint density at radius 2 is 1.88 bits per heavy atom. The van der Waals surface area contributed by atoms with Crippen molar-refractivity contribution in [1.29, 1.82) is 0 Å². The first-order chi connectivity index (χ1) is 19.1. The van der Waals surface area contributed by atoms with Crippen LogP contribution in [0.25, 0.3) is 11.3 Å². The highest BCUT2D eigenvalue weighted by Gasteiger charge is 2.50. The van der Waals surface area contributed by atoms with Crippen LogP contribution in [-0.2, 0) is 4.74 Å². The van der Waals surface area contributed by atoms with Crippen LogP contribution in [0.3, 0.4) is 0 Å². The van der Waals surface area contributed by atoms with Crippen LogP contribution in [0.15, 0.2) is 36.7 Å². The van der Waals surface area contributed by atoms with Crippen molar-refractivity contribution in [3.05, 3.63) is 65.4 Å². The highest BCUT2D eigenvalue weighted by Crippen LogP contribution is 2.50. The molecule has 4 heterocycles. The van der Waals surface area contributed by atoms with Gasteiger partial charge in [-0.05, 0) is 55.0 Å². The summed E-state index contributed by atoms with van der Waals surface area (Å²) in [5.41, 5.74) is -0.800. The molecule has 1 aromatic carbocycles. The molecule has 0 bridgehead atoms. The molecule has 3 aromatic rings. The maximum atomic E-state index is 13.8. The number of nitrogens with zero attached hydrogens (tertiary/aromatic N) is 4. The Balaban J connectivity index is 1.47. The molecule has 0 aliphatic carbocycles. The van der Waals surface area contributed by atoms with Gasteiger partial charge in [-0.2, -0.15) is 11.8 Å². The van der Waals surface area contributed by atoms with Crippen molar-refractivity contribution in [3.8, 4) is 11.3 Å². The molecule has 6 atom stereocenters. The van der Waals surface area contributed by atoms with Crippen molar-refractivity contribution in [1.82, 2.24) is 20.0 Å². The van der Waals surface area contributed by atoms with Crippen molar-refractivity contribution < 1.29 is 38.3 Å². The first-order valence-corrected chi connectivity index (χ1v) is 14.8. The third-order valence-corrected chi connectivity index (χ3v) is 9.94. The van der Waals surface area contributed by atoms with E-state index in [0.717, 1.165) is 45.6 Å². The van der Waals surface area contributed by atoms with Crippen molar-refractivity contribution in [3.63, 3.8) is 0 Å². The molecule has 0 unspecified atom stereocenters. The molecule has 0 radical (unpaired) electrons. The monoisotopic (exact) mass is 598 g/mol. The molecule has 2 saturated heterocycles. The van der Waals surface area contributed by atoms with Crippen molar-refractivity contribution in [2.75, 3.05) is 18.1 Å². The van der Waals surface area contributed by atoms with E-state index in [-0.39, 0.29) is 11.3 Å². The number of hydrogen-bond donors (Lipinski definition) is 4. The summed E-state index contributed by atoms with van der Waals surface area (Å²) >= 11 is 2.90. The van der Waals surface area contributed by atoms with Gasteiger partial charge in [0.25, 0.3) is 0 Å². The van der Waals surface area contributed by atoms with E-state index in [1.54, 1.807) is 24.0 Å². The standard InChI is InChI=1S/C26H29F3N4O5S2/c1-13-3-2-6-30-20(13)24(26(37)4-7-39-8-5-26)40-25-23(36)21(22(35)18(12-34)38-25)33-11-17(31-32-33)14-9-15(27)19(29)16(28)10-14/h2-3,6,9-11,18,21-25,34-37H,4-5,7-8,12H2,1H3/t18-,21+,22+,23-,24-,25+/m1/s1. The predicted octanol–water partition coefficient (Wildman–Crippen LogP) is 2.78. The number of hydrogen-bond acceptors (Lipinski definition) is 10. The van der Waals surface area contributed by atoms with E-state index in [1.807, 2.05) is 13.0 Å². The lowest BCUT2D eigenvalue weighted by atomic mass is 9.89. The zero-order valence-electron chi connectivity index (χ0n) is 21.4. The Morgan fingerprint density at radius 1 is 1.18 bits per heavy atom. The highest BCUT2D eigenvalue weighted by molar-refractivity contribution is 8.00. The third-order valence-electron chi connectivity index (χ3n) is 7.36. The maximum absolute atomic E-state index is 13.8. The lowest BCUT2D eigenvalue weighted by Crippen LogP contribution is -2.55. The third kappa shape index (κ3) is 5.62. The van der Waals surface area contributed by atoms with Crippen LogP contribution in [0.4, 0.5) is 13.2 Å². The number of aliphatic hydroxyl groups excluding tert-OH is 3. The Hall–Kier alpha value is -2.20. The van der Waals surface area contributed by atoms with Gasteiger partial charge in [-0.25, -0.2) is 17.9 Å². The van der Waals surface area contributed by atoms with Gasteiger partial charge in [-0.3, -0.25) is 4.98 Å². The zero-order valence-corrected chi connectivity index (χ0v) is 23.0. The first kappa shape index (κ1) is 29.3. The number of aromatic nitrogens is 4. The van der Waals surface area contributed by atoms with Crippen LogP contribution >= 0.6 is 23.5 Å². The van der Waals surface area contributed by atoms with Gasteiger partial charge in [-0.1, -0.05) is 11.3 Å². The fourth-order valence-electron chi connectivity index (χ4n) is 5.09. The fraction of sp³-hybridized carbons (Fsp3) is 0.500. The summed E-state index contributed by atoms with van der Waals surface area (Å²) in [6.07, 6.45) is -0.0693. The number of pyridine rings is 1. The predicted molar refractivity (Wildman–Crippen MR) is 143 cm³/mol. The highest BCUT2D eigenvalue weighted by atomic mass is 32.2. The lowest BCUT2D eigenvalue weighted by Gasteiger charge is -2.45. The number of benzene rings is 1. The fourth-order valence-corrected chi connectivity index (χ4v) is 7.95. The van der Waals surface area contributed by atoms with E-state index >= 15 is 0 Å². The van der Waals surface area contributed by atoms with Crippen molar-refractivity contribution in [2.45, 2.75) is 60.4 Å². The second-order valence-electron chi connectivity index (χ2n) is 9.97. The smallest absolute Gasteiger partial charge is 0.194 e. The van der Waals surface area contributed by atoms with Crippen molar-refractivity contribution >= 4 is 23.5 Å². The summed E-state index contributed by atoms with van der Waals surface area (Å²) in [5.74, 6) is -2.92. The normalized spacial score (nSPS) is 27.4. The quantitative estimate of drug-likeness (QED) is 0.301. The summed E-state index contributed by atoms with van der Waals surface area (Å²) < 4.78 is 48.1. The molecule has 2 aromatic heterocycles. The summed E-state index contributed by atoms with van der Waals surface area (Å²) in [7, 11) is 0. The van der Waals surface area contributed by atoms with Gasteiger partial charge in [0.05, 0.1) is 29.3 Å². The number of aliphatic hydroxyl groups is 4. The maximum Gasteiger partial charge on any atom is 0.194 e. The molecule has 40 heavy (non-hydrogen) atoms. The van der Waals surface area contributed by atoms with Gasteiger partial charge in [0, 0.05) is 11.8 Å². The summed E-state index contributed by atoms with van der Waals surface area (Å²) in [4.78, 5) is 4.54. The molecule has 4 N–H and O–H groups in total. The van der Waals surface area contributed by atoms with Crippen LogP contribution in [0.2, 0.25) is 0 Å². The van der Waals surface area contributed by atoms with Crippen LogP contribution in [-0.4, -0.2) is 87.9 Å². The van der Waals surface area contributed by atoms with Crippen molar-refractivity contribution in [2.24, 2.45) is 0 Å². The average Bonchev–Trinajstić information content (AvgIpc) is 3.42. The minimum absolute atomic E-state index is 0.0237. The second kappa shape index (κ2) is 12.0. The molecule has 14 heteroatoms. The second-order valence-corrected chi connectivity index (χ2v) is 12.4. The van der Waals surface area contributed by atoms with Gasteiger partial charge in [-0.15, -0.1) is 16.9 Å². The summed E-state index contributed by atoms with van der Waals surface area (Å²) in [6.45, 7) is 1.31. The molecule has 2 fully saturated rings. The van der Waals surface area contributed by atoms with Crippen LogP contribution in [0, 0.1) is 24.4 Å². The van der Waals surface area contributed by atoms with Crippen LogP contribution < -0.4 is 0 Å². The van der Waals surface area contributed by atoms with Crippen LogP contribution in [0.5, 0.6) is 0 Å². The average molecular weight is 599 g/mol. The van der Waals surface area contributed by atoms with E-state index in [4.69, 9.17) is 4.74 Å². The van der Waals surface area contributed by atoms with Gasteiger partial charge in [0.15, 0.2) is 17.5 Å². The minimum Gasteiger partial charge on any atom is -0.394 e. The van der Waals surface area contributed by atoms with E-state index < -0.39 is 64.7 Å². The minimum atomic E-state index is -1.62. The SMILES string of the molecule is Cc1cccnc1[C@@H](S[C@@H]1O[C@H](CO)[C@H](O)[C@H](n2cc(-c3cc(F)c(F)c(F)c3)nn2)[C@H]1O)C1(O)CCSCC1.